The van der Waals surface area contributed by atoms with Crippen LogP contribution in [0.5, 0.6) is 0 Å². The lowest BCUT2D eigenvalue weighted by Crippen LogP contribution is -2.24. The molecule has 1 aliphatic rings. The molecule has 0 saturated heterocycles. The number of benzene rings is 1. The first kappa shape index (κ1) is 19.2. The molecule has 136 valence electrons. The van der Waals surface area contributed by atoms with Crippen LogP contribution in [0, 0.1) is 0 Å². The molecule has 2 rings (SSSR count). The number of rotatable bonds is 9. The summed E-state index contributed by atoms with van der Waals surface area (Å²) in [5.41, 5.74) is 1.76. The van der Waals surface area contributed by atoms with Crippen molar-refractivity contribution in [2.45, 2.75) is 37.0 Å². The van der Waals surface area contributed by atoms with E-state index in [1.807, 2.05) is 0 Å². The smallest absolute Gasteiger partial charge is 0.337 e. The zero-order valence-corrected chi connectivity index (χ0v) is 14.9. The van der Waals surface area contributed by atoms with Crippen molar-refractivity contribution in [2.75, 3.05) is 18.4 Å². The number of aromatic carboxylic acids is 1. The van der Waals surface area contributed by atoms with Crippen LogP contribution in [0.4, 0.5) is 5.69 Å². The molecule has 25 heavy (non-hydrogen) atoms. The van der Waals surface area contributed by atoms with Gasteiger partial charge in [-0.3, -0.25) is 0 Å². The maximum Gasteiger partial charge on any atom is 0.337 e. The predicted octanol–water partition coefficient (Wildman–Crippen LogP) is 3.15. The molecular formula is C18H24N2O4S. The molecule has 0 amide bonds. The quantitative estimate of drug-likeness (QED) is 0.585. The van der Waals surface area contributed by atoms with Gasteiger partial charge in [-0.1, -0.05) is 17.7 Å². The van der Waals surface area contributed by atoms with Crippen LogP contribution in [0.3, 0.4) is 0 Å². The summed E-state index contributed by atoms with van der Waals surface area (Å²) in [7, 11) is -3.75. The largest absolute Gasteiger partial charge is 0.478 e. The van der Waals surface area contributed by atoms with Crippen molar-refractivity contribution in [3.8, 4) is 0 Å². The van der Waals surface area contributed by atoms with Gasteiger partial charge in [0.25, 0.3) is 0 Å². The second kappa shape index (κ2) is 8.82. The van der Waals surface area contributed by atoms with Crippen molar-refractivity contribution in [1.29, 1.82) is 0 Å². The third kappa shape index (κ3) is 5.44. The fourth-order valence-corrected chi connectivity index (χ4v) is 3.79. The molecule has 0 fully saturated rings. The number of carboxylic acid groups (broad SMARTS) is 1. The van der Waals surface area contributed by atoms with Crippen LogP contribution in [-0.2, 0) is 10.0 Å². The number of carbonyl (C=O) groups is 1. The highest BCUT2D eigenvalue weighted by Crippen LogP contribution is 2.23. The molecule has 0 bridgehead atoms. The molecule has 1 aromatic rings. The second-order valence-corrected chi connectivity index (χ2v) is 7.71. The van der Waals surface area contributed by atoms with Crippen LogP contribution in [0.15, 0.2) is 47.4 Å². The number of carboxylic acids is 1. The number of nitrogens with one attached hydrogen (secondary N) is 2. The minimum absolute atomic E-state index is 0.0564. The summed E-state index contributed by atoms with van der Waals surface area (Å²) in [5.74, 6) is -1.17. The lowest BCUT2D eigenvalue weighted by Gasteiger charge is -2.15. The van der Waals surface area contributed by atoms with Crippen LogP contribution in [0.25, 0.3) is 0 Å². The summed E-state index contributed by atoms with van der Waals surface area (Å²) in [6, 6.07) is 4.08. The first-order chi connectivity index (χ1) is 11.9. The molecule has 0 unspecified atom stereocenters. The highest BCUT2D eigenvalue weighted by atomic mass is 32.2. The van der Waals surface area contributed by atoms with Crippen molar-refractivity contribution >= 4 is 21.7 Å². The molecule has 1 aliphatic carbocycles. The molecule has 0 heterocycles. The SMILES string of the molecule is C=CCNS(=O)(=O)c1ccc(NCCC2=CCCCC2)c(C(=O)O)c1. The third-order valence-corrected chi connectivity index (χ3v) is 5.52. The molecule has 0 aromatic heterocycles. The summed E-state index contributed by atoms with van der Waals surface area (Å²) in [5, 5.41) is 12.5. The molecule has 3 N–H and O–H groups in total. The van der Waals surface area contributed by atoms with E-state index in [4.69, 9.17) is 0 Å². The van der Waals surface area contributed by atoms with Crippen molar-refractivity contribution in [1.82, 2.24) is 4.72 Å². The Hall–Kier alpha value is -2.12. The van der Waals surface area contributed by atoms with E-state index in [0.29, 0.717) is 12.2 Å². The topological polar surface area (TPSA) is 95.5 Å². The molecule has 6 nitrogen and oxygen atoms in total. The van der Waals surface area contributed by atoms with Crippen molar-refractivity contribution in [3.05, 3.63) is 48.1 Å². The molecule has 7 heteroatoms. The van der Waals surface area contributed by atoms with Gasteiger partial charge in [0.05, 0.1) is 10.5 Å². The van der Waals surface area contributed by atoms with Gasteiger partial charge < -0.3 is 10.4 Å². The van der Waals surface area contributed by atoms with Crippen molar-refractivity contribution in [3.63, 3.8) is 0 Å². The average Bonchev–Trinajstić information content (AvgIpc) is 2.61. The Kier molecular flexibility index (Phi) is 6.78. The molecule has 1 aromatic carbocycles. The van der Waals surface area contributed by atoms with E-state index in [1.54, 1.807) is 0 Å². The monoisotopic (exact) mass is 364 g/mol. The predicted molar refractivity (Wildman–Crippen MR) is 98.4 cm³/mol. The minimum Gasteiger partial charge on any atom is -0.478 e. The third-order valence-electron chi connectivity index (χ3n) is 4.10. The van der Waals surface area contributed by atoms with Gasteiger partial charge in [-0.05, 0) is 50.3 Å². The average molecular weight is 364 g/mol. The normalized spacial score (nSPS) is 14.6. The second-order valence-electron chi connectivity index (χ2n) is 5.94. The van der Waals surface area contributed by atoms with E-state index in [1.165, 1.54) is 42.7 Å². The van der Waals surface area contributed by atoms with Gasteiger partial charge in [0.2, 0.25) is 10.0 Å². The van der Waals surface area contributed by atoms with Gasteiger partial charge in [0.1, 0.15) is 0 Å². The van der Waals surface area contributed by atoms with E-state index in [9.17, 15) is 18.3 Å². The molecule has 0 spiro atoms. The van der Waals surface area contributed by atoms with Crippen LogP contribution in [0.1, 0.15) is 42.5 Å². The number of allylic oxidation sites excluding steroid dienone is 1. The molecular weight excluding hydrogens is 340 g/mol. The highest BCUT2D eigenvalue weighted by molar-refractivity contribution is 7.89. The Morgan fingerprint density at radius 3 is 2.76 bits per heavy atom. The molecule has 0 atom stereocenters. The first-order valence-corrected chi connectivity index (χ1v) is 9.82. The van der Waals surface area contributed by atoms with Crippen molar-refractivity contribution < 1.29 is 18.3 Å². The van der Waals surface area contributed by atoms with E-state index >= 15 is 0 Å². The maximum atomic E-state index is 12.1. The number of hydrogen-bond donors (Lipinski definition) is 3. The van der Waals surface area contributed by atoms with Gasteiger partial charge in [0.15, 0.2) is 0 Å². The lowest BCUT2D eigenvalue weighted by molar-refractivity contribution is 0.0697. The Balaban J connectivity index is 2.11. The summed E-state index contributed by atoms with van der Waals surface area (Å²) in [6.45, 7) is 4.16. The van der Waals surface area contributed by atoms with Crippen molar-refractivity contribution in [2.24, 2.45) is 0 Å². The Morgan fingerprint density at radius 1 is 1.32 bits per heavy atom. The first-order valence-electron chi connectivity index (χ1n) is 8.33. The summed E-state index contributed by atoms with van der Waals surface area (Å²) < 4.78 is 26.6. The number of anilines is 1. The zero-order chi connectivity index (χ0) is 18.3. The number of sulfonamides is 1. The Morgan fingerprint density at radius 2 is 2.12 bits per heavy atom. The van der Waals surface area contributed by atoms with E-state index < -0.39 is 16.0 Å². The summed E-state index contributed by atoms with van der Waals surface area (Å²) in [6.07, 6.45) is 9.18. The van der Waals surface area contributed by atoms with Crippen LogP contribution in [0.2, 0.25) is 0 Å². The summed E-state index contributed by atoms with van der Waals surface area (Å²) in [4.78, 5) is 11.4. The Labute approximate surface area is 148 Å². The summed E-state index contributed by atoms with van der Waals surface area (Å²) >= 11 is 0. The van der Waals surface area contributed by atoms with Gasteiger partial charge in [-0.15, -0.1) is 6.58 Å². The van der Waals surface area contributed by atoms with Crippen LogP contribution >= 0.6 is 0 Å². The van der Waals surface area contributed by atoms with Gasteiger partial charge in [0, 0.05) is 18.8 Å². The van der Waals surface area contributed by atoms with Crippen LogP contribution in [-0.4, -0.2) is 32.6 Å². The molecule has 0 saturated carbocycles. The fraction of sp³-hybridized carbons (Fsp3) is 0.389. The van der Waals surface area contributed by atoms with Crippen LogP contribution < -0.4 is 10.0 Å². The minimum atomic E-state index is -3.75. The number of hydrogen-bond acceptors (Lipinski definition) is 4. The lowest BCUT2D eigenvalue weighted by atomic mass is 9.97. The van der Waals surface area contributed by atoms with Gasteiger partial charge >= 0.3 is 5.97 Å². The van der Waals surface area contributed by atoms with E-state index in [2.05, 4.69) is 22.7 Å². The fourth-order valence-electron chi connectivity index (χ4n) is 2.76. The highest BCUT2D eigenvalue weighted by Gasteiger charge is 2.18. The zero-order valence-electron chi connectivity index (χ0n) is 14.1. The standard InChI is InChI=1S/C18H24N2O4S/c1-2-11-20-25(23,24)15-8-9-17(16(13-15)18(21)22)19-12-10-14-6-4-3-5-7-14/h2,6,8-9,13,19-20H,1,3-5,7,10-12H2,(H,21,22). The van der Waals surface area contributed by atoms with E-state index in [0.717, 1.165) is 19.3 Å². The maximum absolute atomic E-state index is 12.1. The van der Waals surface area contributed by atoms with E-state index in [-0.39, 0.29) is 17.0 Å². The Bertz CT molecular complexity index is 769. The van der Waals surface area contributed by atoms with Gasteiger partial charge in [-0.2, -0.15) is 0 Å². The molecule has 0 aliphatic heterocycles. The van der Waals surface area contributed by atoms with Gasteiger partial charge in [-0.25, -0.2) is 17.9 Å². The molecule has 0 radical (unpaired) electrons.